The molecular formula is C12H16BrNO. The van der Waals surface area contributed by atoms with Gasteiger partial charge >= 0.3 is 0 Å². The zero-order valence-electron chi connectivity index (χ0n) is 9.16. The van der Waals surface area contributed by atoms with Crippen molar-refractivity contribution < 1.29 is 4.74 Å². The van der Waals surface area contributed by atoms with Crippen molar-refractivity contribution in [3.63, 3.8) is 0 Å². The summed E-state index contributed by atoms with van der Waals surface area (Å²) in [4.78, 5) is 4.46. The molecule has 2 atom stereocenters. The highest BCUT2D eigenvalue weighted by Crippen LogP contribution is 2.32. The predicted octanol–water partition coefficient (Wildman–Crippen LogP) is 3.64. The van der Waals surface area contributed by atoms with Gasteiger partial charge in [0.25, 0.3) is 0 Å². The number of pyridine rings is 1. The molecule has 0 saturated carbocycles. The summed E-state index contributed by atoms with van der Waals surface area (Å²) in [7, 11) is 0. The normalized spacial score (nSPS) is 26.6. The summed E-state index contributed by atoms with van der Waals surface area (Å²) < 4.78 is 6.81. The lowest BCUT2D eigenvalue weighted by Gasteiger charge is -2.27. The maximum atomic E-state index is 5.78. The van der Waals surface area contributed by atoms with E-state index >= 15 is 0 Å². The molecule has 0 N–H and O–H groups in total. The average Bonchev–Trinajstić information content (AvgIpc) is 2.17. The lowest BCUT2D eigenvalue weighted by molar-refractivity contribution is -0.00914. The zero-order valence-corrected chi connectivity index (χ0v) is 10.8. The fraction of sp³-hybridized carbons (Fsp3) is 0.583. The van der Waals surface area contributed by atoms with Crippen molar-refractivity contribution in [1.29, 1.82) is 0 Å². The fourth-order valence-electron chi connectivity index (χ4n) is 2.04. The number of halogens is 1. The molecule has 0 radical (unpaired) electrons. The first kappa shape index (κ1) is 11.1. The maximum Gasteiger partial charge on any atom is 0.0999 e. The van der Waals surface area contributed by atoms with Gasteiger partial charge in [-0.3, -0.25) is 4.98 Å². The van der Waals surface area contributed by atoms with Crippen LogP contribution in [-0.2, 0) is 4.74 Å². The van der Waals surface area contributed by atoms with Gasteiger partial charge < -0.3 is 4.74 Å². The van der Waals surface area contributed by atoms with Crippen molar-refractivity contribution in [1.82, 2.24) is 4.98 Å². The Balaban J connectivity index is 2.21. The Hall–Kier alpha value is -0.410. The smallest absolute Gasteiger partial charge is 0.0999 e. The van der Waals surface area contributed by atoms with Crippen LogP contribution in [0.25, 0.3) is 0 Å². The van der Waals surface area contributed by atoms with E-state index in [2.05, 4.69) is 40.8 Å². The van der Waals surface area contributed by atoms with E-state index in [-0.39, 0.29) is 6.10 Å². The van der Waals surface area contributed by atoms with Crippen LogP contribution in [0.2, 0.25) is 0 Å². The Morgan fingerprint density at radius 3 is 3.00 bits per heavy atom. The van der Waals surface area contributed by atoms with Crippen molar-refractivity contribution in [3.8, 4) is 0 Å². The van der Waals surface area contributed by atoms with Gasteiger partial charge in [-0.05, 0) is 53.2 Å². The van der Waals surface area contributed by atoms with Crippen LogP contribution < -0.4 is 0 Å². The molecule has 0 spiro atoms. The van der Waals surface area contributed by atoms with E-state index in [4.69, 9.17) is 4.74 Å². The summed E-state index contributed by atoms with van der Waals surface area (Å²) in [5, 5.41) is 0. The number of ether oxygens (including phenoxy) is 1. The summed E-state index contributed by atoms with van der Waals surface area (Å²) in [5.74, 6) is 0.744. The molecule has 0 aliphatic carbocycles. The van der Waals surface area contributed by atoms with E-state index in [1.54, 1.807) is 0 Å². The third-order valence-corrected chi connectivity index (χ3v) is 3.37. The summed E-state index contributed by atoms with van der Waals surface area (Å²) >= 11 is 3.43. The largest absolute Gasteiger partial charge is 0.372 e. The molecule has 1 saturated heterocycles. The SMILES string of the molecule is Cc1cc(Br)cnc1C1CC(C)CCO1. The lowest BCUT2D eigenvalue weighted by atomic mass is 9.94. The molecule has 0 bridgehead atoms. The molecule has 1 aromatic rings. The van der Waals surface area contributed by atoms with Crippen molar-refractivity contribution >= 4 is 15.9 Å². The summed E-state index contributed by atoms with van der Waals surface area (Å²) in [6.45, 7) is 5.24. The minimum Gasteiger partial charge on any atom is -0.372 e. The van der Waals surface area contributed by atoms with Gasteiger partial charge in [-0.25, -0.2) is 0 Å². The molecule has 82 valence electrons. The van der Waals surface area contributed by atoms with Gasteiger partial charge in [-0.2, -0.15) is 0 Å². The topological polar surface area (TPSA) is 22.1 Å². The summed E-state index contributed by atoms with van der Waals surface area (Å²) in [5.41, 5.74) is 2.31. The minimum absolute atomic E-state index is 0.196. The molecule has 15 heavy (non-hydrogen) atoms. The molecule has 2 nitrogen and oxygen atoms in total. The number of aryl methyl sites for hydroxylation is 1. The number of rotatable bonds is 1. The van der Waals surface area contributed by atoms with Gasteiger partial charge in [0.1, 0.15) is 0 Å². The Kier molecular flexibility index (Phi) is 3.42. The molecular weight excluding hydrogens is 254 g/mol. The van der Waals surface area contributed by atoms with E-state index in [1.807, 2.05) is 6.20 Å². The van der Waals surface area contributed by atoms with Crippen LogP contribution in [0.1, 0.15) is 37.1 Å². The Labute approximate surface area is 99.2 Å². The van der Waals surface area contributed by atoms with Crippen LogP contribution in [0.5, 0.6) is 0 Å². The highest BCUT2D eigenvalue weighted by molar-refractivity contribution is 9.10. The summed E-state index contributed by atoms with van der Waals surface area (Å²) in [6.07, 6.45) is 4.31. The van der Waals surface area contributed by atoms with Crippen LogP contribution in [0, 0.1) is 12.8 Å². The predicted molar refractivity (Wildman–Crippen MR) is 63.8 cm³/mol. The monoisotopic (exact) mass is 269 g/mol. The summed E-state index contributed by atoms with van der Waals surface area (Å²) in [6, 6.07) is 2.10. The van der Waals surface area contributed by atoms with E-state index in [0.29, 0.717) is 0 Å². The number of hydrogen-bond acceptors (Lipinski definition) is 2. The van der Waals surface area contributed by atoms with E-state index < -0.39 is 0 Å². The van der Waals surface area contributed by atoms with E-state index in [0.717, 1.165) is 29.1 Å². The standard InChI is InChI=1S/C12H16BrNO/c1-8-3-4-15-11(5-8)12-9(2)6-10(13)7-14-12/h6-8,11H,3-5H2,1-2H3. The molecule has 2 unspecified atom stereocenters. The van der Waals surface area contributed by atoms with Gasteiger partial charge in [0.2, 0.25) is 0 Å². The third-order valence-electron chi connectivity index (χ3n) is 2.94. The van der Waals surface area contributed by atoms with Crippen LogP contribution in [0.3, 0.4) is 0 Å². The first-order chi connectivity index (χ1) is 7.16. The van der Waals surface area contributed by atoms with Crippen molar-refractivity contribution in [3.05, 3.63) is 28.0 Å². The Morgan fingerprint density at radius 2 is 2.33 bits per heavy atom. The second kappa shape index (κ2) is 4.62. The van der Waals surface area contributed by atoms with Crippen molar-refractivity contribution in [2.45, 2.75) is 32.8 Å². The highest BCUT2D eigenvalue weighted by Gasteiger charge is 2.23. The van der Waals surface area contributed by atoms with E-state index in [1.165, 1.54) is 12.0 Å². The Bertz CT molecular complexity index is 353. The van der Waals surface area contributed by atoms with Crippen LogP contribution in [0.15, 0.2) is 16.7 Å². The molecule has 0 aromatic carbocycles. The molecule has 1 aliphatic rings. The second-order valence-electron chi connectivity index (χ2n) is 4.34. The van der Waals surface area contributed by atoms with Gasteiger partial charge in [-0.15, -0.1) is 0 Å². The molecule has 0 amide bonds. The lowest BCUT2D eigenvalue weighted by Crippen LogP contribution is -2.19. The molecule has 1 aliphatic heterocycles. The number of hydrogen-bond donors (Lipinski definition) is 0. The molecule has 2 heterocycles. The quantitative estimate of drug-likeness (QED) is 0.777. The third kappa shape index (κ3) is 2.58. The Morgan fingerprint density at radius 1 is 1.53 bits per heavy atom. The van der Waals surface area contributed by atoms with Gasteiger partial charge in [0.15, 0.2) is 0 Å². The minimum atomic E-state index is 0.196. The van der Waals surface area contributed by atoms with Gasteiger partial charge in [-0.1, -0.05) is 6.92 Å². The van der Waals surface area contributed by atoms with Crippen LogP contribution in [-0.4, -0.2) is 11.6 Å². The average molecular weight is 270 g/mol. The first-order valence-electron chi connectivity index (χ1n) is 5.40. The van der Waals surface area contributed by atoms with Crippen LogP contribution in [0.4, 0.5) is 0 Å². The van der Waals surface area contributed by atoms with Crippen LogP contribution >= 0.6 is 15.9 Å². The number of aromatic nitrogens is 1. The molecule has 1 aromatic heterocycles. The van der Waals surface area contributed by atoms with Gasteiger partial charge in [0.05, 0.1) is 11.8 Å². The second-order valence-corrected chi connectivity index (χ2v) is 5.26. The van der Waals surface area contributed by atoms with Crippen molar-refractivity contribution in [2.75, 3.05) is 6.61 Å². The molecule has 3 heteroatoms. The van der Waals surface area contributed by atoms with E-state index in [9.17, 15) is 0 Å². The zero-order chi connectivity index (χ0) is 10.8. The first-order valence-corrected chi connectivity index (χ1v) is 6.19. The fourth-order valence-corrected chi connectivity index (χ4v) is 2.49. The van der Waals surface area contributed by atoms with Gasteiger partial charge in [0, 0.05) is 17.3 Å². The molecule has 1 fully saturated rings. The van der Waals surface area contributed by atoms with Crippen molar-refractivity contribution in [2.24, 2.45) is 5.92 Å². The number of nitrogens with zero attached hydrogens (tertiary/aromatic N) is 1. The highest BCUT2D eigenvalue weighted by atomic mass is 79.9. The molecule has 2 rings (SSSR count). The maximum absolute atomic E-state index is 5.78.